The predicted molar refractivity (Wildman–Crippen MR) is 117 cm³/mol. The normalized spacial score (nSPS) is 15.7. The number of carbonyl (C=O) groups excluding carboxylic acids is 1. The van der Waals surface area contributed by atoms with Gasteiger partial charge >= 0.3 is 0 Å². The summed E-state index contributed by atoms with van der Waals surface area (Å²) >= 11 is 9.31. The van der Waals surface area contributed by atoms with Gasteiger partial charge in [-0.1, -0.05) is 27.5 Å². The smallest absolute Gasteiger partial charge is 0.270 e. The van der Waals surface area contributed by atoms with E-state index in [0.29, 0.717) is 36.6 Å². The highest BCUT2D eigenvalue weighted by molar-refractivity contribution is 9.10. The summed E-state index contributed by atoms with van der Waals surface area (Å²) in [5.74, 6) is -0.0912. The summed E-state index contributed by atoms with van der Waals surface area (Å²) in [4.78, 5) is 17.9. The van der Waals surface area contributed by atoms with Gasteiger partial charge in [-0.3, -0.25) is 4.79 Å². The van der Waals surface area contributed by atoms with E-state index in [-0.39, 0.29) is 16.8 Å². The van der Waals surface area contributed by atoms with Crippen molar-refractivity contribution < 1.29 is 13.2 Å². The molecule has 9 heteroatoms. The number of nitrogens with one attached hydrogen (secondary N) is 2. The van der Waals surface area contributed by atoms with Crippen molar-refractivity contribution in [2.24, 2.45) is 0 Å². The Morgan fingerprint density at radius 3 is 2.48 bits per heavy atom. The predicted octanol–water partition coefficient (Wildman–Crippen LogP) is 4.17. The molecule has 29 heavy (non-hydrogen) atoms. The zero-order chi connectivity index (χ0) is 20.6. The average molecular weight is 497 g/mol. The number of H-pyrrole nitrogens is 1. The largest absolute Gasteiger partial charge is 0.351 e. The molecule has 0 saturated carbocycles. The standard InChI is InChI=1S/C20H19BrClN3O3S/c21-14-1-4-17(5-2-14)29(27,28)24-16-7-9-25(10-8-16)20(26)19-12-13-11-15(22)3-6-18(13)23-19/h1-6,11-12,16,23-24H,7-10H2. The second-order valence-electron chi connectivity index (χ2n) is 7.06. The Hall–Kier alpha value is -1.87. The van der Waals surface area contributed by atoms with Gasteiger partial charge in [0.1, 0.15) is 5.69 Å². The van der Waals surface area contributed by atoms with Gasteiger partial charge in [-0.2, -0.15) is 0 Å². The van der Waals surface area contributed by atoms with Crippen LogP contribution in [0.15, 0.2) is 57.9 Å². The lowest BCUT2D eigenvalue weighted by Gasteiger charge is -2.32. The van der Waals surface area contributed by atoms with Crippen LogP contribution in [0.1, 0.15) is 23.3 Å². The molecule has 0 spiro atoms. The molecular weight excluding hydrogens is 478 g/mol. The second-order valence-corrected chi connectivity index (χ2v) is 10.1. The number of piperidine rings is 1. The minimum atomic E-state index is -3.58. The van der Waals surface area contributed by atoms with Crippen LogP contribution < -0.4 is 4.72 Å². The fraction of sp³-hybridized carbons (Fsp3) is 0.250. The van der Waals surface area contributed by atoms with Crippen molar-refractivity contribution in [1.82, 2.24) is 14.6 Å². The van der Waals surface area contributed by atoms with Crippen LogP contribution in [0.25, 0.3) is 10.9 Å². The number of fused-ring (bicyclic) bond motifs is 1. The van der Waals surface area contributed by atoms with Crippen molar-refractivity contribution in [3.8, 4) is 0 Å². The molecule has 3 aromatic rings. The quantitative estimate of drug-likeness (QED) is 0.569. The average Bonchev–Trinajstić information content (AvgIpc) is 3.11. The van der Waals surface area contributed by atoms with Gasteiger partial charge in [-0.05, 0) is 61.4 Å². The monoisotopic (exact) mass is 495 g/mol. The fourth-order valence-corrected chi connectivity index (χ4v) is 5.24. The minimum Gasteiger partial charge on any atom is -0.351 e. The molecule has 0 bridgehead atoms. The third-order valence-corrected chi connectivity index (χ3v) is 7.34. The maximum atomic E-state index is 12.8. The summed E-state index contributed by atoms with van der Waals surface area (Å²) in [6.07, 6.45) is 1.13. The highest BCUT2D eigenvalue weighted by Crippen LogP contribution is 2.22. The molecule has 2 N–H and O–H groups in total. The number of rotatable bonds is 4. The van der Waals surface area contributed by atoms with Gasteiger partial charge < -0.3 is 9.88 Å². The first-order chi connectivity index (χ1) is 13.8. The third kappa shape index (κ3) is 4.50. The Morgan fingerprint density at radius 2 is 1.79 bits per heavy atom. The SMILES string of the molecule is O=C(c1cc2cc(Cl)ccc2[nH]1)N1CCC(NS(=O)(=O)c2ccc(Br)cc2)CC1. The summed E-state index contributed by atoms with van der Waals surface area (Å²) in [5, 5.41) is 1.51. The lowest BCUT2D eigenvalue weighted by Crippen LogP contribution is -2.46. The van der Waals surface area contributed by atoms with Crippen molar-refractivity contribution >= 4 is 54.4 Å². The molecule has 0 aliphatic carbocycles. The molecule has 0 radical (unpaired) electrons. The van der Waals surface area contributed by atoms with E-state index in [1.54, 1.807) is 41.3 Å². The van der Waals surface area contributed by atoms with Crippen molar-refractivity contribution in [2.75, 3.05) is 13.1 Å². The molecule has 2 heterocycles. The topological polar surface area (TPSA) is 82.3 Å². The van der Waals surface area contributed by atoms with Crippen LogP contribution in [0.3, 0.4) is 0 Å². The van der Waals surface area contributed by atoms with Crippen LogP contribution in [0.4, 0.5) is 0 Å². The van der Waals surface area contributed by atoms with Gasteiger partial charge in [0.25, 0.3) is 5.91 Å². The van der Waals surface area contributed by atoms with Crippen molar-refractivity contribution in [3.05, 3.63) is 63.7 Å². The number of carbonyl (C=O) groups is 1. The van der Waals surface area contributed by atoms with E-state index in [9.17, 15) is 13.2 Å². The number of aromatic nitrogens is 1. The van der Waals surface area contributed by atoms with Crippen molar-refractivity contribution in [1.29, 1.82) is 0 Å². The molecule has 1 aliphatic rings. The third-order valence-electron chi connectivity index (χ3n) is 5.04. The summed E-state index contributed by atoms with van der Waals surface area (Å²) in [7, 11) is -3.58. The van der Waals surface area contributed by atoms with E-state index >= 15 is 0 Å². The molecule has 152 valence electrons. The molecular formula is C20H19BrClN3O3S. The minimum absolute atomic E-state index is 0.0912. The zero-order valence-corrected chi connectivity index (χ0v) is 18.5. The van der Waals surface area contributed by atoms with Gasteiger partial charge in [-0.25, -0.2) is 13.1 Å². The molecule has 1 saturated heterocycles. The van der Waals surface area contributed by atoms with Crippen LogP contribution >= 0.6 is 27.5 Å². The number of sulfonamides is 1. The number of likely N-dealkylation sites (tertiary alicyclic amines) is 1. The zero-order valence-electron chi connectivity index (χ0n) is 15.4. The number of aromatic amines is 1. The first-order valence-electron chi connectivity index (χ1n) is 9.17. The van der Waals surface area contributed by atoms with Gasteiger partial charge in [0.15, 0.2) is 0 Å². The van der Waals surface area contributed by atoms with Crippen LogP contribution in [0.5, 0.6) is 0 Å². The highest BCUT2D eigenvalue weighted by atomic mass is 79.9. The molecule has 1 fully saturated rings. The molecule has 0 atom stereocenters. The van der Waals surface area contributed by atoms with E-state index in [2.05, 4.69) is 25.6 Å². The van der Waals surface area contributed by atoms with Crippen molar-refractivity contribution in [2.45, 2.75) is 23.8 Å². The van der Waals surface area contributed by atoms with Crippen LogP contribution in [-0.4, -0.2) is 43.3 Å². The molecule has 1 amide bonds. The van der Waals surface area contributed by atoms with E-state index in [1.807, 2.05) is 12.1 Å². The van der Waals surface area contributed by atoms with Gasteiger partial charge in [0.2, 0.25) is 10.0 Å². The Labute approximate surface area is 182 Å². The molecule has 0 unspecified atom stereocenters. The fourth-order valence-electron chi connectivity index (χ4n) is 3.49. The summed E-state index contributed by atoms with van der Waals surface area (Å²) in [5.41, 5.74) is 1.37. The van der Waals surface area contributed by atoms with E-state index in [1.165, 1.54) is 0 Å². The Balaban J connectivity index is 1.39. The molecule has 1 aromatic heterocycles. The van der Waals surface area contributed by atoms with Gasteiger partial charge in [0.05, 0.1) is 4.90 Å². The number of hydrogen-bond acceptors (Lipinski definition) is 3. The maximum absolute atomic E-state index is 12.8. The van der Waals surface area contributed by atoms with E-state index in [4.69, 9.17) is 11.6 Å². The van der Waals surface area contributed by atoms with Crippen LogP contribution in [-0.2, 0) is 10.0 Å². The van der Waals surface area contributed by atoms with Crippen LogP contribution in [0, 0.1) is 0 Å². The number of nitrogens with zero attached hydrogens (tertiary/aromatic N) is 1. The number of halogens is 2. The molecule has 1 aliphatic heterocycles. The number of amides is 1. The Morgan fingerprint density at radius 1 is 1.10 bits per heavy atom. The van der Waals surface area contributed by atoms with Crippen LogP contribution in [0.2, 0.25) is 5.02 Å². The first-order valence-corrected chi connectivity index (χ1v) is 11.8. The summed E-state index contributed by atoms with van der Waals surface area (Å²) in [6, 6.07) is 13.6. The van der Waals surface area contributed by atoms with Gasteiger partial charge in [0, 0.05) is 39.5 Å². The molecule has 2 aromatic carbocycles. The molecule has 6 nitrogen and oxygen atoms in total. The van der Waals surface area contributed by atoms with E-state index in [0.717, 1.165) is 15.4 Å². The Kier molecular flexibility index (Phi) is 5.70. The maximum Gasteiger partial charge on any atom is 0.270 e. The summed E-state index contributed by atoms with van der Waals surface area (Å²) in [6.45, 7) is 0.977. The number of hydrogen-bond donors (Lipinski definition) is 2. The molecule has 4 rings (SSSR count). The highest BCUT2D eigenvalue weighted by Gasteiger charge is 2.27. The lowest BCUT2D eigenvalue weighted by molar-refractivity contribution is 0.0706. The Bertz CT molecular complexity index is 1150. The lowest BCUT2D eigenvalue weighted by atomic mass is 10.1. The second kappa shape index (κ2) is 8.10. The number of benzene rings is 2. The first kappa shape index (κ1) is 20.4. The van der Waals surface area contributed by atoms with Gasteiger partial charge in [-0.15, -0.1) is 0 Å². The summed E-state index contributed by atoms with van der Waals surface area (Å²) < 4.78 is 28.7. The van der Waals surface area contributed by atoms with Crippen molar-refractivity contribution in [3.63, 3.8) is 0 Å². The van der Waals surface area contributed by atoms with E-state index < -0.39 is 10.0 Å².